The molecule has 0 unspecified atom stereocenters. The van der Waals surface area contributed by atoms with E-state index in [1.807, 2.05) is 44.2 Å². The first-order chi connectivity index (χ1) is 10.6. The van der Waals surface area contributed by atoms with E-state index >= 15 is 0 Å². The highest BCUT2D eigenvalue weighted by atomic mass is 19.1. The maximum absolute atomic E-state index is 14.4. The van der Waals surface area contributed by atoms with Gasteiger partial charge in [0, 0.05) is 17.8 Å². The Morgan fingerprint density at radius 3 is 2.41 bits per heavy atom. The predicted molar refractivity (Wildman–Crippen MR) is 83.4 cm³/mol. The van der Waals surface area contributed by atoms with Gasteiger partial charge in [-0.25, -0.2) is 4.39 Å². The number of aryl methyl sites for hydroxylation is 2. The van der Waals surface area contributed by atoms with E-state index in [1.165, 1.54) is 6.07 Å². The quantitative estimate of drug-likeness (QED) is 0.702. The normalized spacial score (nSPS) is 10.5. The van der Waals surface area contributed by atoms with E-state index in [0.29, 0.717) is 28.5 Å². The lowest BCUT2D eigenvalue weighted by Crippen LogP contribution is -1.96. The Hall–Kier alpha value is -2.75. The van der Waals surface area contributed by atoms with Gasteiger partial charge in [0.05, 0.1) is 17.1 Å². The van der Waals surface area contributed by atoms with E-state index in [-0.39, 0.29) is 5.82 Å². The summed E-state index contributed by atoms with van der Waals surface area (Å²) in [6.45, 7) is 3.68. The fourth-order valence-electron chi connectivity index (χ4n) is 2.24. The number of aromatic nitrogens is 2. The fourth-order valence-corrected chi connectivity index (χ4v) is 2.24. The van der Waals surface area contributed by atoms with Crippen molar-refractivity contribution in [2.24, 2.45) is 0 Å². The van der Waals surface area contributed by atoms with E-state index in [4.69, 9.17) is 4.74 Å². The van der Waals surface area contributed by atoms with Crippen molar-refractivity contribution in [1.29, 1.82) is 0 Å². The first kappa shape index (κ1) is 14.2. The smallest absolute Gasteiger partial charge is 0.136 e. The van der Waals surface area contributed by atoms with Crippen LogP contribution in [0.2, 0.25) is 0 Å². The van der Waals surface area contributed by atoms with Gasteiger partial charge < -0.3 is 4.74 Å². The summed E-state index contributed by atoms with van der Waals surface area (Å²) in [4.78, 5) is 8.60. The molecule has 3 rings (SSSR count). The summed E-state index contributed by atoms with van der Waals surface area (Å²) in [6.07, 6.45) is 1.64. The minimum absolute atomic E-state index is 0.380. The monoisotopic (exact) mass is 294 g/mol. The largest absolute Gasteiger partial charge is 0.457 e. The zero-order chi connectivity index (χ0) is 15.5. The van der Waals surface area contributed by atoms with Gasteiger partial charge in [0.15, 0.2) is 0 Å². The lowest BCUT2D eigenvalue weighted by atomic mass is 10.1. The number of rotatable bonds is 3. The number of ether oxygens (including phenoxy) is 1. The lowest BCUT2D eigenvalue weighted by molar-refractivity contribution is 0.477. The van der Waals surface area contributed by atoms with Crippen LogP contribution < -0.4 is 4.74 Å². The fraction of sp³-hybridized carbons (Fsp3) is 0.111. The Labute approximate surface area is 128 Å². The number of nitrogens with zero attached hydrogens (tertiary/aromatic N) is 2. The molecule has 1 heterocycles. The zero-order valence-corrected chi connectivity index (χ0v) is 12.4. The van der Waals surface area contributed by atoms with Crippen LogP contribution >= 0.6 is 0 Å². The SMILES string of the molecule is Cc1cnc(-c2ccc(Oc3ccccc3)cc2F)c(C)n1. The van der Waals surface area contributed by atoms with Crippen LogP contribution in [0.25, 0.3) is 11.3 Å². The Kier molecular flexibility index (Phi) is 3.83. The van der Waals surface area contributed by atoms with Gasteiger partial charge in [0.2, 0.25) is 0 Å². The average Bonchev–Trinajstić information content (AvgIpc) is 2.49. The molecule has 0 saturated heterocycles. The number of hydrogen-bond donors (Lipinski definition) is 0. The molecule has 0 radical (unpaired) electrons. The Balaban J connectivity index is 1.92. The van der Waals surface area contributed by atoms with Gasteiger partial charge in [-0.3, -0.25) is 9.97 Å². The van der Waals surface area contributed by atoms with Crippen LogP contribution in [0.15, 0.2) is 54.7 Å². The molecular weight excluding hydrogens is 279 g/mol. The molecule has 0 bridgehead atoms. The number of benzene rings is 2. The molecule has 0 aliphatic rings. The average molecular weight is 294 g/mol. The van der Waals surface area contributed by atoms with E-state index in [9.17, 15) is 4.39 Å². The first-order valence-corrected chi connectivity index (χ1v) is 6.96. The summed E-state index contributed by atoms with van der Waals surface area (Å²) < 4.78 is 20.0. The van der Waals surface area contributed by atoms with Crippen LogP contribution in [-0.4, -0.2) is 9.97 Å². The molecule has 22 heavy (non-hydrogen) atoms. The molecule has 3 nitrogen and oxygen atoms in total. The van der Waals surface area contributed by atoms with Crippen molar-refractivity contribution >= 4 is 0 Å². The summed E-state index contributed by atoms with van der Waals surface area (Å²) in [5, 5.41) is 0. The van der Waals surface area contributed by atoms with Gasteiger partial charge in [-0.05, 0) is 38.1 Å². The Morgan fingerprint density at radius 2 is 1.73 bits per heavy atom. The molecule has 110 valence electrons. The van der Waals surface area contributed by atoms with Crippen molar-refractivity contribution in [3.63, 3.8) is 0 Å². The molecule has 0 fully saturated rings. The van der Waals surface area contributed by atoms with Gasteiger partial charge >= 0.3 is 0 Å². The molecule has 0 atom stereocenters. The van der Waals surface area contributed by atoms with Crippen LogP contribution in [0.3, 0.4) is 0 Å². The lowest BCUT2D eigenvalue weighted by Gasteiger charge is -2.09. The van der Waals surface area contributed by atoms with E-state index < -0.39 is 0 Å². The molecule has 0 aliphatic carbocycles. The minimum Gasteiger partial charge on any atom is -0.457 e. The van der Waals surface area contributed by atoms with Crippen LogP contribution in [0, 0.1) is 19.7 Å². The highest BCUT2D eigenvalue weighted by Gasteiger charge is 2.12. The van der Waals surface area contributed by atoms with Crippen molar-refractivity contribution in [3.8, 4) is 22.8 Å². The molecule has 2 aromatic carbocycles. The third-order valence-corrected chi connectivity index (χ3v) is 3.24. The maximum Gasteiger partial charge on any atom is 0.136 e. The van der Waals surface area contributed by atoms with Crippen molar-refractivity contribution in [3.05, 3.63) is 71.9 Å². The molecule has 0 aliphatic heterocycles. The van der Waals surface area contributed by atoms with Crippen molar-refractivity contribution < 1.29 is 9.13 Å². The second-order valence-corrected chi connectivity index (χ2v) is 5.00. The molecule has 0 amide bonds. The predicted octanol–water partition coefficient (Wildman–Crippen LogP) is 4.69. The second-order valence-electron chi connectivity index (χ2n) is 5.00. The molecule has 4 heteroatoms. The van der Waals surface area contributed by atoms with Gasteiger partial charge in [0.25, 0.3) is 0 Å². The molecule has 0 N–H and O–H groups in total. The molecular formula is C18H15FN2O. The summed E-state index contributed by atoms with van der Waals surface area (Å²) in [6, 6.07) is 14.0. The van der Waals surface area contributed by atoms with Gasteiger partial charge in [-0.2, -0.15) is 0 Å². The molecule has 3 aromatic rings. The first-order valence-electron chi connectivity index (χ1n) is 6.96. The highest BCUT2D eigenvalue weighted by Crippen LogP contribution is 2.28. The van der Waals surface area contributed by atoms with Crippen molar-refractivity contribution in [2.45, 2.75) is 13.8 Å². The van der Waals surface area contributed by atoms with Crippen LogP contribution in [0.4, 0.5) is 4.39 Å². The third kappa shape index (κ3) is 2.96. The molecule has 1 aromatic heterocycles. The summed E-state index contributed by atoms with van der Waals surface area (Å²) in [5.41, 5.74) is 2.49. The summed E-state index contributed by atoms with van der Waals surface area (Å²) in [5.74, 6) is 0.737. The van der Waals surface area contributed by atoms with Crippen LogP contribution in [-0.2, 0) is 0 Å². The Bertz CT molecular complexity index is 803. The van der Waals surface area contributed by atoms with Crippen molar-refractivity contribution in [1.82, 2.24) is 9.97 Å². The second kappa shape index (κ2) is 5.93. The molecule has 0 saturated carbocycles. The molecule has 0 spiro atoms. The third-order valence-electron chi connectivity index (χ3n) is 3.24. The summed E-state index contributed by atoms with van der Waals surface area (Å²) in [7, 11) is 0. The van der Waals surface area contributed by atoms with Gasteiger partial charge in [-0.15, -0.1) is 0 Å². The zero-order valence-electron chi connectivity index (χ0n) is 12.4. The number of halogens is 1. The maximum atomic E-state index is 14.4. The van der Waals surface area contributed by atoms with Gasteiger partial charge in [-0.1, -0.05) is 18.2 Å². The van der Waals surface area contributed by atoms with Crippen LogP contribution in [0.5, 0.6) is 11.5 Å². The Morgan fingerprint density at radius 1 is 0.955 bits per heavy atom. The number of para-hydroxylation sites is 1. The highest BCUT2D eigenvalue weighted by molar-refractivity contribution is 5.63. The summed E-state index contributed by atoms with van der Waals surface area (Å²) >= 11 is 0. The topological polar surface area (TPSA) is 35.0 Å². The van der Waals surface area contributed by atoms with Crippen molar-refractivity contribution in [2.75, 3.05) is 0 Å². The van der Waals surface area contributed by atoms with E-state index in [2.05, 4.69) is 9.97 Å². The van der Waals surface area contributed by atoms with E-state index in [1.54, 1.807) is 18.3 Å². The van der Waals surface area contributed by atoms with E-state index in [0.717, 1.165) is 5.69 Å². The minimum atomic E-state index is -0.380. The van der Waals surface area contributed by atoms with Crippen LogP contribution in [0.1, 0.15) is 11.4 Å². The standard InChI is InChI=1S/C18H15FN2O/c1-12-11-20-18(13(2)21-12)16-9-8-15(10-17(16)19)22-14-6-4-3-5-7-14/h3-11H,1-2H3. The van der Waals surface area contributed by atoms with Gasteiger partial charge in [0.1, 0.15) is 17.3 Å². The number of hydrogen-bond acceptors (Lipinski definition) is 3.